The van der Waals surface area contributed by atoms with E-state index < -0.39 is 0 Å². The number of likely N-dealkylation sites (N-methyl/N-ethyl adjacent to an activating group) is 1. The molecule has 0 bridgehead atoms. The van der Waals surface area contributed by atoms with Crippen LogP contribution in [0, 0.1) is 11.8 Å². The van der Waals surface area contributed by atoms with Crippen molar-refractivity contribution < 1.29 is 4.79 Å². The van der Waals surface area contributed by atoms with Gasteiger partial charge in [0.15, 0.2) is 0 Å². The van der Waals surface area contributed by atoms with E-state index in [2.05, 4.69) is 40.9 Å². The summed E-state index contributed by atoms with van der Waals surface area (Å²) in [5.74, 6) is 5.51. The highest BCUT2D eigenvalue weighted by Gasteiger charge is 2.14. The molecule has 0 radical (unpaired) electrons. The zero-order valence-electron chi connectivity index (χ0n) is 13.0. The predicted octanol–water partition coefficient (Wildman–Crippen LogP) is 0.852. The van der Waals surface area contributed by atoms with Gasteiger partial charge in [-0.25, -0.2) is 0 Å². The van der Waals surface area contributed by atoms with E-state index >= 15 is 0 Å². The van der Waals surface area contributed by atoms with Crippen molar-refractivity contribution in [2.75, 3.05) is 26.2 Å². The molecule has 0 saturated carbocycles. The monoisotopic (exact) mass is 288 g/mol. The maximum absolute atomic E-state index is 12.3. The highest BCUT2D eigenvalue weighted by molar-refractivity contribution is 5.96. The summed E-state index contributed by atoms with van der Waals surface area (Å²) < 4.78 is 0. The number of hydrogen-bond acceptors (Lipinski definition) is 4. The molecule has 0 aromatic carbocycles. The fourth-order valence-electron chi connectivity index (χ4n) is 2.05. The standard InChI is InChI=1S/C16H24N4O/c1-4-20(5-2)12-13(3)19-16(21)15-8-10-18-11-14(15)7-6-9-17/h8,10-11,13H,4-5,9,12,17H2,1-3H3,(H,19,21). The number of nitrogens with two attached hydrogens (primary N) is 1. The van der Waals surface area contributed by atoms with Crippen LogP contribution in [-0.4, -0.2) is 48.0 Å². The molecule has 0 aliphatic rings. The van der Waals surface area contributed by atoms with Gasteiger partial charge in [0.1, 0.15) is 0 Å². The first-order valence-corrected chi connectivity index (χ1v) is 7.28. The van der Waals surface area contributed by atoms with Gasteiger partial charge in [0.25, 0.3) is 5.91 Å². The number of nitrogens with zero attached hydrogens (tertiary/aromatic N) is 2. The molecule has 0 aliphatic carbocycles. The Bertz CT molecular complexity index is 514. The molecule has 1 aromatic heterocycles. The van der Waals surface area contributed by atoms with E-state index in [1.54, 1.807) is 18.5 Å². The van der Waals surface area contributed by atoms with Gasteiger partial charge in [-0.1, -0.05) is 25.7 Å². The minimum atomic E-state index is -0.127. The van der Waals surface area contributed by atoms with Crippen molar-refractivity contribution in [1.82, 2.24) is 15.2 Å². The fourth-order valence-corrected chi connectivity index (χ4v) is 2.05. The Morgan fingerprint density at radius 1 is 1.48 bits per heavy atom. The number of nitrogens with one attached hydrogen (secondary N) is 1. The van der Waals surface area contributed by atoms with Crippen LogP contribution >= 0.6 is 0 Å². The van der Waals surface area contributed by atoms with Crippen LogP contribution in [0.25, 0.3) is 0 Å². The molecular formula is C16H24N4O. The van der Waals surface area contributed by atoms with Crippen molar-refractivity contribution in [2.24, 2.45) is 5.73 Å². The molecule has 1 unspecified atom stereocenters. The minimum Gasteiger partial charge on any atom is -0.348 e. The molecule has 0 fully saturated rings. The second-order valence-electron chi connectivity index (χ2n) is 4.79. The largest absolute Gasteiger partial charge is 0.348 e. The van der Waals surface area contributed by atoms with E-state index in [0.29, 0.717) is 11.1 Å². The maximum atomic E-state index is 12.3. The van der Waals surface area contributed by atoms with E-state index in [9.17, 15) is 4.79 Å². The SMILES string of the molecule is CCN(CC)CC(C)NC(=O)c1ccncc1C#CCN. The summed E-state index contributed by atoms with van der Waals surface area (Å²) in [6.07, 6.45) is 3.18. The van der Waals surface area contributed by atoms with Crippen molar-refractivity contribution in [3.05, 3.63) is 29.6 Å². The van der Waals surface area contributed by atoms with E-state index in [1.165, 1.54) is 0 Å². The van der Waals surface area contributed by atoms with Crippen molar-refractivity contribution in [3.8, 4) is 11.8 Å². The van der Waals surface area contributed by atoms with Gasteiger partial charge in [-0.15, -0.1) is 0 Å². The summed E-state index contributed by atoms with van der Waals surface area (Å²) in [5.41, 5.74) is 6.51. The zero-order valence-corrected chi connectivity index (χ0v) is 13.0. The van der Waals surface area contributed by atoms with Crippen LogP contribution in [0.4, 0.5) is 0 Å². The number of pyridine rings is 1. The molecule has 0 spiro atoms. The molecule has 1 atom stereocenters. The highest BCUT2D eigenvalue weighted by Crippen LogP contribution is 2.06. The van der Waals surface area contributed by atoms with Gasteiger partial charge in [-0.3, -0.25) is 9.78 Å². The van der Waals surface area contributed by atoms with E-state index in [0.717, 1.165) is 19.6 Å². The Balaban J connectivity index is 2.75. The molecule has 21 heavy (non-hydrogen) atoms. The molecule has 114 valence electrons. The number of amides is 1. The Labute approximate surface area is 126 Å². The van der Waals surface area contributed by atoms with Crippen molar-refractivity contribution in [3.63, 3.8) is 0 Å². The lowest BCUT2D eigenvalue weighted by atomic mass is 10.1. The van der Waals surface area contributed by atoms with Crippen molar-refractivity contribution >= 4 is 5.91 Å². The molecule has 3 N–H and O–H groups in total. The predicted molar refractivity (Wildman–Crippen MR) is 84.9 cm³/mol. The fraction of sp³-hybridized carbons (Fsp3) is 0.500. The van der Waals surface area contributed by atoms with Crippen LogP contribution < -0.4 is 11.1 Å². The quantitative estimate of drug-likeness (QED) is 0.761. The number of aromatic nitrogens is 1. The van der Waals surface area contributed by atoms with Gasteiger partial charge >= 0.3 is 0 Å². The first kappa shape index (κ1) is 17.2. The Morgan fingerprint density at radius 2 is 2.19 bits per heavy atom. The van der Waals surface area contributed by atoms with Crippen LogP contribution in [0.2, 0.25) is 0 Å². The zero-order chi connectivity index (χ0) is 15.7. The molecule has 1 rings (SSSR count). The molecule has 1 amide bonds. The lowest BCUT2D eigenvalue weighted by molar-refractivity contribution is 0.0930. The maximum Gasteiger partial charge on any atom is 0.252 e. The van der Waals surface area contributed by atoms with Gasteiger partial charge in [0.2, 0.25) is 0 Å². The number of carbonyl (C=O) groups is 1. The van der Waals surface area contributed by atoms with Crippen molar-refractivity contribution in [1.29, 1.82) is 0 Å². The average molecular weight is 288 g/mol. The molecular weight excluding hydrogens is 264 g/mol. The minimum absolute atomic E-state index is 0.0703. The number of hydrogen-bond donors (Lipinski definition) is 2. The normalized spacial score (nSPS) is 11.7. The molecule has 1 aromatic rings. The van der Waals surface area contributed by atoms with E-state index in [1.807, 2.05) is 6.92 Å². The smallest absolute Gasteiger partial charge is 0.252 e. The van der Waals surface area contributed by atoms with Crippen LogP contribution in [0.3, 0.4) is 0 Å². The van der Waals surface area contributed by atoms with Crippen LogP contribution in [0.15, 0.2) is 18.5 Å². The van der Waals surface area contributed by atoms with Gasteiger partial charge < -0.3 is 16.0 Å². The topological polar surface area (TPSA) is 71.2 Å². The van der Waals surface area contributed by atoms with Gasteiger partial charge in [-0.2, -0.15) is 0 Å². The Hall–Kier alpha value is -1.90. The van der Waals surface area contributed by atoms with Crippen LogP contribution in [0.1, 0.15) is 36.7 Å². The van der Waals surface area contributed by atoms with Gasteiger partial charge in [-0.05, 0) is 26.1 Å². The lowest BCUT2D eigenvalue weighted by Gasteiger charge is -2.23. The summed E-state index contributed by atoms with van der Waals surface area (Å²) in [6.45, 7) is 9.26. The Kier molecular flexibility index (Phi) is 7.44. The molecule has 5 nitrogen and oxygen atoms in total. The summed E-state index contributed by atoms with van der Waals surface area (Å²) >= 11 is 0. The van der Waals surface area contributed by atoms with Crippen LogP contribution in [0.5, 0.6) is 0 Å². The number of rotatable bonds is 6. The third-order valence-corrected chi connectivity index (χ3v) is 3.19. The third kappa shape index (κ3) is 5.54. The van der Waals surface area contributed by atoms with Gasteiger partial charge in [0, 0.05) is 25.0 Å². The molecule has 0 aliphatic heterocycles. The summed E-state index contributed by atoms with van der Waals surface area (Å²) in [7, 11) is 0. The Morgan fingerprint density at radius 3 is 2.81 bits per heavy atom. The lowest BCUT2D eigenvalue weighted by Crippen LogP contribution is -2.42. The van der Waals surface area contributed by atoms with E-state index in [-0.39, 0.29) is 18.5 Å². The third-order valence-electron chi connectivity index (χ3n) is 3.19. The second kappa shape index (κ2) is 9.11. The molecule has 5 heteroatoms. The first-order valence-electron chi connectivity index (χ1n) is 7.28. The average Bonchev–Trinajstić information content (AvgIpc) is 2.50. The summed E-state index contributed by atoms with van der Waals surface area (Å²) in [6, 6.07) is 1.75. The number of carbonyl (C=O) groups excluding carboxylic acids is 1. The van der Waals surface area contributed by atoms with Gasteiger partial charge in [0.05, 0.1) is 17.7 Å². The molecule has 1 heterocycles. The first-order chi connectivity index (χ1) is 10.1. The van der Waals surface area contributed by atoms with Crippen molar-refractivity contribution in [2.45, 2.75) is 26.8 Å². The molecule has 0 saturated heterocycles. The highest BCUT2D eigenvalue weighted by atomic mass is 16.1. The summed E-state index contributed by atoms with van der Waals surface area (Å²) in [5, 5.41) is 3.00. The van der Waals surface area contributed by atoms with Crippen LogP contribution in [-0.2, 0) is 0 Å². The van der Waals surface area contributed by atoms with E-state index in [4.69, 9.17) is 5.73 Å². The second-order valence-corrected chi connectivity index (χ2v) is 4.79. The summed E-state index contributed by atoms with van der Waals surface area (Å²) in [4.78, 5) is 18.6.